The molecule has 0 spiro atoms. The second-order valence-corrected chi connectivity index (χ2v) is 33.6. The molecular formula is C81H99N9O14S3. The molecule has 9 atom stereocenters. The molecular weight excluding hydrogens is 1420 g/mol. The quantitative estimate of drug-likeness (QED) is 0.0153. The number of hydrogen-bond acceptors (Lipinski definition) is 17. The normalized spacial score (nSPS) is 19.6. The number of phenols is 1. The average molecular weight is 1520 g/mol. The lowest BCUT2D eigenvalue weighted by atomic mass is 9.84. The zero-order valence-corrected chi connectivity index (χ0v) is 64.3. The number of nitrogens with one attached hydrogen (secondary N) is 8. The Morgan fingerprint density at radius 2 is 1.15 bits per heavy atom. The minimum absolute atomic E-state index is 0.0606. The van der Waals surface area contributed by atoms with Crippen LogP contribution in [-0.2, 0) is 71.8 Å². The van der Waals surface area contributed by atoms with Gasteiger partial charge in [0.25, 0.3) is 0 Å². The summed E-state index contributed by atoms with van der Waals surface area (Å²) in [5, 5.41) is 44.2. The van der Waals surface area contributed by atoms with Crippen molar-refractivity contribution in [2.24, 2.45) is 11.7 Å². The predicted molar refractivity (Wildman–Crippen MR) is 417 cm³/mol. The van der Waals surface area contributed by atoms with Crippen LogP contribution in [0.25, 0.3) is 5.57 Å². The van der Waals surface area contributed by atoms with Gasteiger partial charge in [-0.3, -0.25) is 38.4 Å². The molecule has 0 saturated carbocycles. The number of Topliss-reactive ketones (excluding diaryl/α,β-unsaturated/α-hetero) is 1. The molecule has 1 heterocycles. The first-order valence-electron chi connectivity index (χ1n) is 35.8. The summed E-state index contributed by atoms with van der Waals surface area (Å²) in [4.78, 5) is 148. The number of thioether (sulfide) groups is 1. The van der Waals surface area contributed by atoms with Gasteiger partial charge in [-0.1, -0.05) is 185 Å². The van der Waals surface area contributed by atoms with Gasteiger partial charge in [0.1, 0.15) is 53.2 Å². The van der Waals surface area contributed by atoms with Gasteiger partial charge in [-0.15, -0.1) is 11.8 Å². The van der Waals surface area contributed by atoms with Gasteiger partial charge in [0.15, 0.2) is 5.78 Å². The number of aromatic hydroxyl groups is 1. The predicted octanol–water partition coefficient (Wildman–Crippen LogP) is 9.04. The van der Waals surface area contributed by atoms with Crippen LogP contribution in [0.3, 0.4) is 0 Å². The van der Waals surface area contributed by atoms with Crippen molar-refractivity contribution in [3.63, 3.8) is 0 Å². The van der Waals surface area contributed by atoms with Crippen molar-refractivity contribution in [3.05, 3.63) is 215 Å². The van der Waals surface area contributed by atoms with Gasteiger partial charge in [0.05, 0.1) is 16.9 Å². The first-order chi connectivity index (χ1) is 50.8. The second kappa shape index (κ2) is 38.3. The van der Waals surface area contributed by atoms with E-state index >= 15 is 28.8 Å². The monoisotopic (exact) mass is 1520 g/mol. The van der Waals surface area contributed by atoms with E-state index in [1.807, 2.05) is 121 Å². The molecule has 23 nitrogen and oxygen atoms in total. The number of ether oxygens (including phenoxy) is 2. The fraction of sp³-hybridized carbons (Fsp3) is 0.407. The Hall–Kier alpha value is -9.63. The smallest absolute Gasteiger partial charge is 0.408 e. The first kappa shape index (κ1) is 83.0. The van der Waals surface area contributed by atoms with Crippen LogP contribution in [0.2, 0.25) is 0 Å². The minimum Gasteiger partial charge on any atom is -0.508 e. The van der Waals surface area contributed by atoms with E-state index in [0.29, 0.717) is 23.1 Å². The Morgan fingerprint density at radius 1 is 0.607 bits per heavy atom. The fourth-order valence-electron chi connectivity index (χ4n) is 12.7. The van der Waals surface area contributed by atoms with Gasteiger partial charge in [-0.25, -0.2) is 9.59 Å². The van der Waals surface area contributed by atoms with Crippen LogP contribution < -0.4 is 48.3 Å². The van der Waals surface area contributed by atoms with Gasteiger partial charge in [-0.05, 0) is 151 Å². The second-order valence-electron chi connectivity index (χ2n) is 29.2. The Kier molecular flexibility index (Phi) is 29.7. The maximum Gasteiger partial charge on any atom is 0.408 e. The van der Waals surface area contributed by atoms with Crippen LogP contribution in [0.5, 0.6) is 5.75 Å². The van der Waals surface area contributed by atoms with Crippen LogP contribution in [0.15, 0.2) is 176 Å². The lowest BCUT2D eigenvalue weighted by molar-refractivity contribution is -0.137. The highest BCUT2D eigenvalue weighted by atomic mass is 33.1. The summed E-state index contributed by atoms with van der Waals surface area (Å²) in [7, 11) is 1.97. The number of hydrogen-bond donors (Lipinski definition) is 11. The molecule has 1 aliphatic carbocycles. The van der Waals surface area contributed by atoms with Gasteiger partial charge >= 0.3 is 12.2 Å². The van der Waals surface area contributed by atoms with Crippen LogP contribution in [0.4, 0.5) is 9.59 Å². The number of nitrogens with two attached hydrogens (primary N) is 1. The Morgan fingerprint density at radius 3 is 1.73 bits per heavy atom. The molecule has 8 rings (SSSR count). The van der Waals surface area contributed by atoms with E-state index in [-0.39, 0.29) is 62.3 Å². The molecule has 6 aromatic carbocycles. The number of primary amides is 1. The third-order valence-electron chi connectivity index (χ3n) is 17.9. The van der Waals surface area contributed by atoms with E-state index in [4.69, 9.17) is 15.2 Å². The Labute approximate surface area is 637 Å². The number of allylic oxidation sites excluding steroid dienone is 1. The number of carbonyl (C=O) groups excluding carboxylic acids is 10. The highest BCUT2D eigenvalue weighted by Crippen LogP contribution is 2.54. The number of aliphatic hydroxyl groups is 1. The number of phenolic OH excluding ortho intramolecular Hbond substituents is 1. The molecule has 570 valence electrons. The molecule has 0 unspecified atom stereocenters. The molecule has 107 heavy (non-hydrogen) atoms. The fourth-order valence-corrected chi connectivity index (χ4v) is 16.9. The standard InChI is InChI=1S/C81H99N9O14S3/c1-50(91)67-75(100)87-65(74(99)90-68(69(82)94)80(8,9)107-81(56-29-16-11-17-30-56,57-31-18-12-19-32-57)58-33-20-13-21-34-58)49-106-105-48-64(86-72(97)62(45-51-26-14-10-15-27-51)88-77(102)104-79(5,6)7)66(93)47-55(44-52-37-41-59(92)42-38-52)70(95)85-63(46-54-40-39-53-28-22-23-35-60(53)54)73(98)84-61(71(96)89-67)36-24-25-43-83-76(101)103-78(2,3)4/h10-23,26-35,37-38,40-42,50,55,61-65,67-68,91-92H,24-25,36,39,43-49H2,1-9H3,(H2,82,94)(H,83,101)(H,84,98)(H,85,95)(H,86,97)(H,87,100)(H,88,102)(H,89,96)(H,90,99)/t50-,55-,61+,62-,63-,64+,65+,67+,68-/m1/s1. The summed E-state index contributed by atoms with van der Waals surface area (Å²) in [6.45, 7) is 15.0. The summed E-state index contributed by atoms with van der Waals surface area (Å²) < 4.78 is 8.67. The van der Waals surface area contributed by atoms with Crippen LogP contribution in [0, 0.1) is 5.92 Å². The zero-order valence-electron chi connectivity index (χ0n) is 61.8. The summed E-state index contributed by atoms with van der Waals surface area (Å²) in [6.07, 6.45) is -1.44. The van der Waals surface area contributed by atoms with E-state index in [2.05, 4.69) is 42.5 Å². The molecule has 2 aliphatic rings. The van der Waals surface area contributed by atoms with Crippen molar-refractivity contribution >= 4 is 98.2 Å². The Balaban J connectivity index is 1.21. The van der Waals surface area contributed by atoms with Gasteiger partial charge in [-0.2, -0.15) is 0 Å². The van der Waals surface area contributed by atoms with Crippen LogP contribution in [-0.4, -0.2) is 152 Å². The Bertz CT molecular complexity index is 3990. The topological polar surface area (TPSA) is 352 Å². The lowest BCUT2D eigenvalue weighted by Crippen LogP contribution is -2.63. The van der Waals surface area contributed by atoms with Crippen LogP contribution >= 0.6 is 33.3 Å². The summed E-state index contributed by atoms with van der Waals surface area (Å²) in [5.41, 5.74) is 10.7. The van der Waals surface area contributed by atoms with Crippen molar-refractivity contribution in [2.75, 3.05) is 18.1 Å². The van der Waals surface area contributed by atoms with Crippen molar-refractivity contribution in [3.8, 4) is 5.75 Å². The number of benzene rings is 6. The van der Waals surface area contributed by atoms with E-state index < -0.39 is 141 Å². The van der Waals surface area contributed by atoms with Crippen molar-refractivity contribution < 1.29 is 67.6 Å². The largest absolute Gasteiger partial charge is 0.508 e. The average Bonchev–Trinajstić information content (AvgIpc) is 1.15. The summed E-state index contributed by atoms with van der Waals surface area (Å²) >= 11 is 1.37. The molecule has 0 bridgehead atoms. The number of alkyl carbamates (subject to hydrolysis) is 2. The number of fused-ring (bicyclic) bond motifs is 1. The zero-order chi connectivity index (χ0) is 77.6. The molecule has 1 aliphatic heterocycles. The number of amides is 9. The number of carbonyl (C=O) groups is 10. The molecule has 9 amide bonds. The number of rotatable bonds is 24. The maximum absolute atomic E-state index is 15.5. The molecule has 1 saturated heterocycles. The molecule has 0 radical (unpaired) electrons. The maximum atomic E-state index is 15.5. The van der Waals surface area contributed by atoms with E-state index in [1.54, 1.807) is 97.9 Å². The molecule has 0 aromatic heterocycles. The molecule has 12 N–H and O–H groups in total. The first-order valence-corrected chi connectivity index (χ1v) is 39.1. The minimum atomic E-state index is -1.83. The molecule has 26 heteroatoms. The van der Waals surface area contributed by atoms with E-state index in [9.17, 15) is 29.4 Å². The third-order valence-corrected chi connectivity index (χ3v) is 22.1. The lowest BCUT2D eigenvalue weighted by Gasteiger charge is -2.44. The van der Waals surface area contributed by atoms with E-state index in [1.165, 1.54) is 30.8 Å². The number of unbranched alkanes of at least 4 members (excludes halogenated alkanes) is 1. The van der Waals surface area contributed by atoms with Crippen molar-refractivity contribution in [1.29, 1.82) is 0 Å². The molecule has 1 fully saturated rings. The highest BCUT2D eigenvalue weighted by molar-refractivity contribution is 8.76. The van der Waals surface area contributed by atoms with Crippen molar-refractivity contribution in [1.82, 2.24) is 42.5 Å². The van der Waals surface area contributed by atoms with Gasteiger partial charge in [0, 0.05) is 48.0 Å². The van der Waals surface area contributed by atoms with E-state index in [0.717, 1.165) is 49.4 Å². The highest BCUT2D eigenvalue weighted by Gasteiger charge is 2.48. The van der Waals surface area contributed by atoms with Crippen LogP contribution in [0.1, 0.15) is 133 Å². The summed E-state index contributed by atoms with van der Waals surface area (Å²) in [6, 6.07) is 40.6. The van der Waals surface area contributed by atoms with Gasteiger partial charge in [0.2, 0.25) is 41.4 Å². The number of ketones is 1. The molecule has 6 aromatic rings. The number of aliphatic hydroxyl groups excluding tert-OH is 1. The SMILES string of the molecule is C[C@@H](O)[C@@H]1NC(=O)[C@H](CCCCNC(=O)OC(C)(C)C)NC(=O)[C@@H](CC2=CCc3ccccc32)NC(=O)[C@H](Cc2ccc(O)cc2)CC(=O)[C@@H](NC(=O)[C@@H](Cc2ccccc2)NC(=O)OC(C)(C)C)CSSC[C@@H](C(=O)N[C@H](C(N)=O)C(C)(C)SC(c2ccccc2)(c2ccccc2)c2ccccc2)NC1=O. The summed E-state index contributed by atoms with van der Waals surface area (Å²) in [5.74, 6) is -8.97. The van der Waals surface area contributed by atoms with Gasteiger partial charge < -0.3 is 68.0 Å². The van der Waals surface area contributed by atoms with Crippen molar-refractivity contribution in [2.45, 2.75) is 183 Å². The third kappa shape index (κ3) is 24.4.